The van der Waals surface area contributed by atoms with Crippen LogP contribution in [0, 0.1) is 0 Å². The Bertz CT molecular complexity index is 541. The second-order valence-corrected chi connectivity index (χ2v) is 9.45. The highest BCUT2D eigenvalue weighted by atomic mass is 127. The van der Waals surface area contributed by atoms with E-state index in [0.717, 1.165) is 38.3 Å². The third kappa shape index (κ3) is 12.4. The van der Waals surface area contributed by atoms with E-state index in [1.807, 2.05) is 20.8 Å². The van der Waals surface area contributed by atoms with Gasteiger partial charge in [-0.25, -0.2) is 4.79 Å². The molecule has 0 atom stereocenters. The van der Waals surface area contributed by atoms with Gasteiger partial charge < -0.3 is 30.5 Å². The minimum absolute atomic E-state index is 0. The zero-order chi connectivity index (χ0) is 23.3. The van der Waals surface area contributed by atoms with Crippen molar-refractivity contribution in [3.8, 4) is 0 Å². The predicted octanol–water partition coefficient (Wildman–Crippen LogP) is 3.27. The molecule has 1 aliphatic heterocycles. The maximum Gasteiger partial charge on any atom is 0.408 e. The van der Waals surface area contributed by atoms with Crippen LogP contribution in [0.5, 0.6) is 0 Å². The summed E-state index contributed by atoms with van der Waals surface area (Å²) in [5.41, 5.74) is -0.882. The average Bonchev–Trinajstić information content (AvgIpc) is 2.73. The average molecular weight is 569 g/mol. The van der Waals surface area contributed by atoms with Gasteiger partial charge in [-0.3, -0.25) is 4.99 Å². The lowest BCUT2D eigenvalue weighted by atomic mass is 9.93. The lowest BCUT2D eigenvalue weighted by molar-refractivity contribution is 0.0448. The molecule has 1 aliphatic rings. The highest BCUT2D eigenvalue weighted by Gasteiger charge is 2.30. The maximum atomic E-state index is 12.3. The number of halogens is 1. The Kier molecular flexibility index (Phi) is 15.5. The molecule has 3 N–H and O–H groups in total. The molecule has 0 spiro atoms. The van der Waals surface area contributed by atoms with Crippen molar-refractivity contribution in [1.82, 2.24) is 25.8 Å². The van der Waals surface area contributed by atoms with Crippen LogP contribution in [0.15, 0.2) is 4.99 Å². The summed E-state index contributed by atoms with van der Waals surface area (Å²) < 4.78 is 5.45. The zero-order valence-electron chi connectivity index (χ0n) is 21.6. The minimum atomic E-state index is -0.508. The number of ether oxygens (including phenoxy) is 1. The van der Waals surface area contributed by atoms with Crippen molar-refractivity contribution in [2.45, 2.75) is 78.4 Å². The Morgan fingerprint density at radius 1 is 0.969 bits per heavy atom. The molecule has 1 rings (SSSR count). The number of nitrogens with one attached hydrogen (secondary N) is 3. The number of guanidine groups is 1. The molecular weight excluding hydrogens is 519 g/mol. The van der Waals surface area contributed by atoms with E-state index in [9.17, 15) is 4.79 Å². The fourth-order valence-electron chi connectivity index (χ4n) is 3.71. The number of likely N-dealkylation sites (N-methyl/N-ethyl adjacent to an activating group) is 1. The van der Waals surface area contributed by atoms with Crippen LogP contribution in [0.25, 0.3) is 0 Å². The Labute approximate surface area is 213 Å². The molecule has 8 nitrogen and oxygen atoms in total. The molecule has 190 valence electrons. The van der Waals surface area contributed by atoms with Crippen molar-refractivity contribution in [2.75, 3.05) is 59.4 Å². The number of unbranched alkanes of at least 4 members (excludes halogenated alkanes) is 1. The molecule has 9 heteroatoms. The van der Waals surface area contributed by atoms with Gasteiger partial charge in [0.05, 0.1) is 5.54 Å². The van der Waals surface area contributed by atoms with E-state index in [0.29, 0.717) is 6.54 Å². The third-order valence-electron chi connectivity index (χ3n) is 6.04. The molecule has 1 fully saturated rings. The molecular formula is C23H49IN6O2. The van der Waals surface area contributed by atoms with Gasteiger partial charge in [0, 0.05) is 46.3 Å². The molecule has 1 saturated heterocycles. The first kappa shape index (κ1) is 31.2. The van der Waals surface area contributed by atoms with Gasteiger partial charge in [0.25, 0.3) is 0 Å². The van der Waals surface area contributed by atoms with E-state index in [1.165, 1.54) is 39.1 Å². The van der Waals surface area contributed by atoms with Crippen LogP contribution in [-0.2, 0) is 4.74 Å². The van der Waals surface area contributed by atoms with E-state index >= 15 is 0 Å². The zero-order valence-corrected chi connectivity index (χ0v) is 23.9. The summed E-state index contributed by atoms with van der Waals surface area (Å²) in [6.45, 7) is 20.6. The number of nitrogens with zero attached hydrogens (tertiary/aromatic N) is 3. The monoisotopic (exact) mass is 568 g/mol. The van der Waals surface area contributed by atoms with Crippen molar-refractivity contribution in [3.63, 3.8) is 0 Å². The van der Waals surface area contributed by atoms with Crippen LogP contribution < -0.4 is 16.0 Å². The van der Waals surface area contributed by atoms with Crippen molar-refractivity contribution < 1.29 is 9.53 Å². The lowest BCUT2D eigenvalue weighted by Gasteiger charge is -2.34. The number of amides is 1. The van der Waals surface area contributed by atoms with E-state index in [4.69, 9.17) is 4.74 Å². The molecule has 1 amide bonds. The Morgan fingerprint density at radius 3 is 2.06 bits per heavy atom. The Balaban J connectivity index is 0.00000961. The number of rotatable bonds is 11. The number of piperazine rings is 1. The summed E-state index contributed by atoms with van der Waals surface area (Å²) in [6.07, 6.45) is 3.53. The molecule has 0 bridgehead atoms. The first-order chi connectivity index (χ1) is 14.7. The molecule has 0 radical (unpaired) electrons. The summed E-state index contributed by atoms with van der Waals surface area (Å²) in [4.78, 5) is 21.7. The Morgan fingerprint density at radius 2 is 1.56 bits per heavy atom. The van der Waals surface area contributed by atoms with Gasteiger partial charge in [-0.1, -0.05) is 20.8 Å². The molecule has 0 aromatic rings. The highest BCUT2D eigenvalue weighted by Crippen LogP contribution is 2.16. The van der Waals surface area contributed by atoms with E-state index in [2.05, 4.69) is 51.5 Å². The fraction of sp³-hybridized carbons (Fsp3) is 0.913. The predicted molar refractivity (Wildman–Crippen MR) is 145 cm³/mol. The van der Waals surface area contributed by atoms with Gasteiger partial charge in [-0.05, 0) is 59.5 Å². The number of carbonyl (C=O) groups is 1. The summed E-state index contributed by atoms with van der Waals surface area (Å²) in [5.74, 6) is 0.772. The smallest absolute Gasteiger partial charge is 0.408 e. The lowest BCUT2D eigenvalue weighted by Crippen LogP contribution is -2.57. The van der Waals surface area contributed by atoms with Gasteiger partial charge in [-0.15, -0.1) is 24.0 Å². The fourth-order valence-corrected chi connectivity index (χ4v) is 3.71. The summed E-state index contributed by atoms with van der Waals surface area (Å²) in [5, 5.41) is 9.86. The van der Waals surface area contributed by atoms with Crippen LogP contribution in [0.4, 0.5) is 4.79 Å². The van der Waals surface area contributed by atoms with E-state index in [1.54, 1.807) is 7.05 Å². The van der Waals surface area contributed by atoms with Gasteiger partial charge in [0.1, 0.15) is 5.60 Å². The van der Waals surface area contributed by atoms with Gasteiger partial charge in [-0.2, -0.15) is 0 Å². The van der Waals surface area contributed by atoms with Crippen molar-refractivity contribution in [3.05, 3.63) is 0 Å². The SMILES string of the molecule is CCN1CCN(CCCCNC(=NC)NCC(CC)(CC)NC(=O)OC(C)(C)C)CC1.I. The number of hydrogen-bond acceptors (Lipinski definition) is 5. The second kappa shape index (κ2) is 15.9. The minimum Gasteiger partial charge on any atom is -0.444 e. The van der Waals surface area contributed by atoms with Crippen molar-refractivity contribution >= 4 is 36.0 Å². The third-order valence-corrected chi connectivity index (χ3v) is 6.04. The van der Waals surface area contributed by atoms with Crippen molar-refractivity contribution in [2.24, 2.45) is 4.99 Å². The van der Waals surface area contributed by atoms with Gasteiger partial charge in [0.15, 0.2) is 5.96 Å². The topological polar surface area (TPSA) is 81.2 Å². The molecule has 0 unspecified atom stereocenters. The number of aliphatic imine (C=N–C) groups is 1. The van der Waals surface area contributed by atoms with Crippen molar-refractivity contribution in [1.29, 1.82) is 0 Å². The first-order valence-electron chi connectivity index (χ1n) is 12.1. The van der Waals surface area contributed by atoms with E-state index in [-0.39, 0.29) is 35.6 Å². The second-order valence-electron chi connectivity index (χ2n) is 9.45. The van der Waals surface area contributed by atoms with Gasteiger partial charge in [0.2, 0.25) is 0 Å². The normalized spacial score (nSPS) is 16.3. The van der Waals surface area contributed by atoms with Crippen LogP contribution in [0.3, 0.4) is 0 Å². The Hall–Kier alpha value is -0.810. The van der Waals surface area contributed by atoms with Crippen LogP contribution in [0.2, 0.25) is 0 Å². The molecule has 0 aromatic heterocycles. The summed E-state index contributed by atoms with van der Waals surface area (Å²) in [7, 11) is 1.78. The molecule has 0 aromatic carbocycles. The summed E-state index contributed by atoms with van der Waals surface area (Å²) >= 11 is 0. The van der Waals surface area contributed by atoms with E-state index < -0.39 is 5.60 Å². The molecule has 0 aliphatic carbocycles. The largest absolute Gasteiger partial charge is 0.444 e. The number of carbonyl (C=O) groups excluding carboxylic acids is 1. The van der Waals surface area contributed by atoms with Crippen LogP contribution in [0.1, 0.15) is 67.2 Å². The molecule has 0 saturated carbocycles. The quantitative estimate of drug-likeness (QED) is 0.154. The van der Waals surface area contributed by atoms with Crippen LogP contribution >= 0.6 is 24.0 Å². The highest BCUT2D eigenvalue weighted by molar-refractivity contribution is 14.0. The maximum absolute atomic E-state index is 12.3. The van der Waals surface area contributed by atoms with Crippen LogP contribution in [-0.4, -0.2) is 92.4 Å². The molecule has 1 heterocycles. The van der Waals surface area contributed by atoms with Gasteiger partial charge >= 0.3 is 6.09 Å². The summed E-state index contributed by atoms with van der Waals surface area (Å²) in [6, 6.07) is 0. The standard InChI is InChI=1S/C23H48N6O2.HI/c1-8-23(9-2,27-21(30)31-22(4,5)6)19-26-20(24-7)25-13-11-12-14-29-17-15-28(10-3)16-18-29;/h8-19H2,1-7H3,(H,27,30)(H2,24,25,26);1H. The molecule has 32 heavy (non-hydrogen) atoms. The number of alkyl carbamates (subject to hydrolysis) is 1. The number of hydrogen-bond donors (Lipinski definition) is 3. The first-order valence-corrected chi connectivity index (χ1v) is 12.1.